The normalized spacial score (nSPS) is 14.8. The van der Waals surface area contributed by atoms with Crippen molar-refractivity contribution in [1.29, 1.82) is 0 Å². The van der Waals surface area contributed by atoms with Crippen LogP contribution in [0.2, 0.25) is 0 Å². The average molecular weight is 351 g/mol. The number of ketones is 1. The third kappa shape index (κ3) is 7.95. The molecule has 8 nitrogen and oxygen atoms in total. The average Bonchev–Trinajstić information content (AvgIpc) is 2.43. The van der Waals surface area contributed by atoms with Crippen LogP contribution in [0.1, 0.15) is 33.6 Å². The van der Waals surface area contributed by atoms with Crippen molar-refractivity contribution in [2.45, 2.75) is 58.2 Å². The lowest BCUT2D eigenvalue weighted by molar-refractivity contribution is -0.151. The first-order chi connectivity index (χ1) is 11.0. The molecule has 0 saturated heterocycles. The number of hydrogen-bond acceptors (Lipinski definition) is 5. The molecule has 24 heavy (non-hydrogen) atoms. The van der Waals surface area contributed by atoms with Crippen molar-refractivity contribution in [1.82, 2.24) is 10.6 Å². The number of hydrogen-bond donors (Lipinski definition) is 4. The molecule has 0 radical (unpaired) electrons. The molecule has 0 fully saturated rings. The minimum Gasteiger partial charge on any atom is -0.475 e. The number of rotatable bonds is 10. The summed E-state index contributed by atoms with van der Waals surface area (Å²) < 4.78 is 25.0. The van der Waals surface area contributed by atoms with Crippen molar-refractivity contribution < 1.29 is 33.1 Å². The van der Waals surface area contributed by atoms with Gasteiger partial charge >= 0.3 is 5.97 Å². The van der Waals surface area contributed by atoms with E-state index in [0.717, 1.165) is 0 Å². The van der Waals surface area contributed by atoms with Gasteiger partial charge in [-0.2, -0.15) is 0 Å². The number of nitrogens with two attached hydrogens (primary N) is 1. The van der Waals surface area contributed by atoms with E-state index in [2.05, 4.69) is 5.32 Å². The number of alkyl halides is 2. The summed E-state index contributed by atoms with van der Waals surface area (Å²) in [5.41, 5.74) is 5.40. The number of aliphatic carboxylic acids is 1. The van der Waals surface area contributed by atoms with Gasteiger partial charge in [-0.1, -0.05) is 13.8 Å². The third-order valence-electron chi connectivity index (χ3n) is 3.01. The molecule has 0 bridgehead atoms. The van der Waals surface area contributed by atoms with Gasteiger partial charge in [-0.3, -0.25) is 14.4 Å². The first-order valence-electron chi connectivity index (χ1n) is 7.37. The van der Waals surface area contributed by atoms with Gasteiger partial charge in [-0.05, 0) is 19.3 Å². The summed E-state index contributed by atoms with van der Waals surface area (Å²) in [6, 6.07) is -3.90. The summed E-state index contributed by atoms with van der Waals surface area (Å²) in [6.45, 7) is 4.92. The molecular weight excluding hydrogens is 328 g/mol. The van der Waals surface area contributed by atoms with Crippen molar-refractivity contribution in [2.24, 2.45) is 11.7 Å². The van der Waals surface area contributed by atoms with E-state index < -0.39 is 54.5 Å². The Bertz CT molecular complexity index is 483. The minimum atomic E-state index is -2.99. The number of carbonyl (C=O) groups is 4. The largest absolute Gasteiger partial charge is 0.475 e. The van der Waals surface area contributed by atoms with E-state index in [0.29, 0.717) is 0 Å². The van der Waals surface area contributed by atoms with Gasteiger partial charge in [0.05, 0.1) is 6.04 Å². The van der Waals surface area contributed by atoms with E-state index in [4.69, 9.17) is 10.8 Å². The Balaban J connectivity index is 5.18. The standard InChI is InChI=1S/C14H23F2N3O5/c1-6(2)4-9(19-12(21)7(3)17)13(22)18-8(5-10(15)16)11(20)14(23)24/h6-10H,4-5,17H2,1-3H3,(H,18,22)(H,19,21)(H,23,24)/t7-,8?,9-/m0/s1. The fourth-order valence-corrected chi connectivity index (χ4v) is 1.84. The summed E-state index contributed by atoms with van der Waals surface area (Å²) in [7, 11) is 0. The van der Waals surface area contributed by atoms with Crippen molar-refractivity contribution in [2.75, 3.05) is 0 Å². The van der Waals surface area contributed by atoms with Crippen LogP contribution in [0.15, 0.2) is 0 Å². The van der Waals surface area contributed by atoms with E-state index in [1.54, 1.807) is 13.8 Å². The topological polar surface area (TPSA) is 139 Å². The Morgan fingerprint density at radius 3 is 1.83 bits per heavy atom. The zero-order valence-corrected chi connectivity index (χ0v) is 13.7. The fourth-order valence-electron chi connectivity index (χ4n) is 1.84. The van der Waals surface area contributed by atoms with Crippen molar-refractivity contribution >= 4 is 23.6 Å². The molecule has 0 aliphatic rings. The highest BCUT2D eigenvalue weighted by Gasteiger charge is 2.32. The van der Waals surface area contributed by atoms with Crippen LogP contribution in [0.4, 0.5) is 8.78 Å². The van der Waals surface area contributed by atoms with Crippen molar-refractivity contribution in [3.63, 3.8) is 0 Å². The van der Waals surface area contributed by atoms with Gasteiger partial charge in [0.25, 0.3) is 5.78 Å². The Morgan fingerprint density at radius 2 is 1.46 bits per heavy atom. The van der Waals surface area contributed by atoms with Crippen LogP contribution in [-0.4, -0.2) is 53.2 Å². The van der Waals surface area contributed by atoms with Gasteiger partial charge in [0.1, 0.15) is 12.1 Å². The zero-order valence-electron chi connectivity index (χ0n) is 13.7. The molecule has 0 aromatic carbocycles. The van der Waals surface area contributed by atoms with Gasteiger partial charge in [-0.25, -0.2) is 13.6 Å². The number of carbonyl (C=O) groups excluding carboxylic acids is 3. The van der Waals surface area contributed by atoms with Crippen LogP contribution < -0.4 is 16.4 Å². The zero-order chi connectivity index (χ0) is 19.0. The van der Waals surface area contributed by atoms with Gasteiger partial charge in [0.15, 0.2) is 0 Å². The van der Waals surface area contributed by atoms with Crippen LogP contribution in [-0.2, 0) is 19.2 Å². The highest BCUT2D eigenvalue weighted by atomic mass is 19.3. The summed E-state index contributed by atoms with van der Waals surface area (Å²) in [4.78, 5) is 46.0. The van der Waals surface area contributed by atoms with Gasteiger partial charge in [0.2, 0.25) is 18.2 Å². The maximum atomic E-state index is 12.5. The van der Waals surface area contributed by atoms with Crippen LogP contribution in [0.5, 0.6) is 0 Å². The molecule has 0 saturated carbocycles. The predicted octanol–water partition coefficient (Wildman–Crippen LogP) is -0.342. The van der Waals surface area contributed by atoms with Crippen LogP contribution >= 0.6 is 0 Å². The number of carboxylic acids is 1. The minimum absolute atomic E-state index is 0.0437. The Labute approximate surface area is 138 Å². The van der Waals surface area contributed by atoms with E-state index in [1.165, 1.54) is 6.92 Å². The molecule has 0 spiro atoms. The highest BCUT2D eigenvalue weighted by molar-refractivity contribution is 6.35. The first-order valence-corrected chi connectivity index (χ1v) is 7.37. The molecular formula is C14H23F2N3O5. The third-order valence-corrected chi connectivity index (χ3v) is 3.01. The molecule has 0 rings (SSSR count). The van der Waals surface area contributed by atoms with E-state index in [-0.39, 0.29) is 12.3 Å². The molecule has 10 heteroatoms. The maximum absolute atomic E-state index is 12.5. The molecule has 0 aromatic rings. The monoisotopic (exact) mass is 351 g/mol. The Morgan fingerprint density at radius 1 is 0.958 bits per heavy atom. The lowest BCUT2D eigenvalue weighted by Crippen LogP contribution is -2.55. The Hall–Kier alpha value is -2.10. The van der Waals surface area contributed by atoms with E-state index >= 15 is 0 Å². The fraction of sp³-hybridized carbons (Fsp3) is 0.714. The lowest BCUT2D eigenvalue weighted by atomic mass is 10.0. The predicted molar refractivity (Wildman–Crippen MR) is 80.2 cm³/mol. The molecule has 138 valence electrons. The van der Waals surface area contributed by atoms with E-state index in [9.17, 15) is 28.0 Å². The Kier molecular flexibility index (Phi) is 9.04. The summed E-state index contributed by atoms with van der Waals surface area (Å²) in [5, 5.41) is 13.0. The van der Waals surface area contributed by atoms with Gasteiger partial charge in [-0.15, -0.1) is 0 Å². The molecule has 1 unspecified atom stereocenters. The van der Waals surface area contributed by atoms with Crippen LogP contribution in [0.3, 0.4) is 0 Å². The number of Topliss-reactive ketones (excluding diaryl/α,β-unsaturated/α-hetero) is 1. The number of carboxylic acid groups (broad SMARTS) is 1. The molecule has 5 N–H and O–H groups in total. The molecule has 0 aliphatic carbocycles. The van der Waals surface area contributed by atoms with E-state index in [1.807, 2.05) is 5.32 Å². The quantitative estimate of drug-likeness (QED) is 0.397. The summed E-state index contributed by atoms with van der Waals surface area (Å²) in [5.74, 6) is -5.08. The molecule has 3 atom stereocenters. The summed E-state index contributed by atoms with van der Waals surface area (Å²) in [6.07, 6.45) is -3.96. The van der Waals surface area contributed by atoms with Crippen molar-refractivity contribution in [3.05, 3.63) is 0 Å². The number of amides is 2. The molecule has 2 amide bonds. The lowest BCUT2D eigenvalue weighted by Gasteiger charge is -2.23. The number of halogens is 2. The van der Waals surface area contributed by atoms with Gasteiger partial charge in [0, 0.05) is 6.42 Å². The highest BCUT2D eigenvalue weighted by Crippen LogP contribution is 2.09. The summed E-state index contributed by atoms with van der Waals surface area (Å²) >= 11 is 0. The second kappa shape index (κ2) is 9.91. The maximum Gasteiger partial charge on any atom is 0.374 e. The molecule has 0 aliphatic heterocycles. The number of nitrogens with one attached hydrogen (secondary N) is 2. The van der Waals surface area contributed by atoms with Crippen molar-refractivity contribution in [3.8, 4) is 0 Å². The van der Waals surface area contributed by atoms with Crippen LogP contribution in [0.25, 0.3) is 0 Å². The van der Waals surface area contributed by atoms with Crippen LogP contribution in [0, 0.1) is 5.92 Å². The second-order valence-electron chi connectivity index (χ2n) is 5.84. The second-order valence-corrected chi connectivity index (χ2v) is 5.84. The first kappa shape index (κ1) is 21.9. The molecule has 0 heterocycles. The SMILES string of the molecule is CC(C)C[C@H](NC(=O)[C@H](C)N)C(=O)NC(CC(F)F)C(=O)C(=O)O. The smallest absolute Gasteiger partial charge is 0.374 e. The molecule has 0 aromatic heterocycles. The van der Waals surface area contributed by atoms with Gasteiger partial charge < -0.3 is 21.5 Å².